The summed E-state index contributed by atoms with van der Waals surface area (Å²) in [5.41, 5.74) is 9.61. The number of aryl methyl sites for hydroxylation is 1. The van der Waals surface area contributed by atoms with Gasteiger partial charge in [-0.25, -0.2) is 9.97 Å². The van der Waals surface area contributed by atoms with Crippen molar-refractivity contribution in [3.63, 3.8) is 0 Å². The van der Waals surface area contributed by atoms with E-state index in [1.807, 2.05) is 25.1 Å². The molecule has 0 unspecified atom stereocenters. The number of nitrogens with two attached hydrogens (primary N) is 1. The molecule has 0 aliphatic carbocycles. The fourth-order valence-electron chi connectivity index (χ4n) is 3.08. The van der Waals surface area contributed by atoms with Gasteiger partial charge in [0.05, 0.1) is 28.6 Å². The molecule has 0 saturated heterocycles. The van der Waals surface area contributed by atoms with E-state index >= 15 is 0 Å². The van der Waals surface area contributed by atoms with Crippen LogP contribution in [0.4, 0.5) is 5.95 Å². The number of nitriles is 1. The highest BCUT2D eigenvalue weighted by molar-refractivity contribution is 5.90. The van der Waals surface area contributed by atoms with E-state index in [1.54, 1.807) is 23.0 Å². The second kappa shape index (κ2) is 6.51. The van der Waals surface area contributed by atoms with E-state index in [9.17, 15) is 10.4 Å². The molecule has 1 aromatic carbocycles. The minimum Gasteiger partial charge on any atom is -0.388 e. The zero-order valence-electron chi connectivity index (χ0n) is 14.5. The number of aromatic nitrogens is 6. The standard InChI is InChI=1S/C18H16N8O/c1-2-25-13(7-8-21-25)15-16(12-6-4-3-5-11(12)9-19)23-18(20)26-17(15)22-14(10-27)24-26/h3-8,27H,2,10H2,1H3,(H2,20,23). The zero-order valence-corrected chi connectivity index (χ0v) is 14.5. The molecule has 0 aliphatic heterocycles. The zero-order chi connectivity index (χ0) is 19.0. The molecule has 9 heteroatoms. The predicted molar refractivity (Wildman–Crippen MR) is 98.2 cm³/mol. The quantitative estimate of drug-likeness (QED) is 0.565. The molecular weight excluding hydrogens is 344 g/mol. The van der Waals surface area contributed by atoms with Crippen molar-refractivity contribution >= 4 is 11.6 Å². The molecule has 4 rings (SSSR count). The summed E-state index contributed by atoms with van der Waals surface area (Å²) in [5.74, 6) is 0.351. The van der Waals surface area contributed by atoms with Gasteiger partial charge in [0.1, 0.15) is 6.61 Å². The molecule has 0 bridgehead atoms. The smallest absolute Gasteiger partial charge is 0.223 e. The molecular formula is C18H16N8O. The summed E-state index contributed by atoms with van der Waals surface area (Å²) in [4.78, 5) is 8.95. The monoisotopic (exact) mass is 360 g/mol. The lowest BCUT2D eigenvalue weighted by Crippen LogP contribution is -2.08. The Hall–Kier alpha value is -3.77. The summed E-state index contributed by atoms with van der Waals surface area (Å²) >= 11 is 0. The number of rotatable bonds is 4. The van der Waals surface area contributed by atoms with Gasteiger partial charge in [0, 0.05) is 18.3 Å². The number of aliphatic hydroxyl groups excluding tert-OH is 1. The van der Waals surface area contributed by atoms with Crippen LogP contribution < -0.4 is 5.73 Å². The van der Waals surface area contributed by atoms with Gasteiger partial charge in [0.2, 0.25) is 5.95 Å². The molecule has 0 fully saturated rings. The van der Waals surface area contributed by atoms with Crippen LogP contribution in [0, 0.1) is 11.3 Å². The maximum atomic E-state index is 9.53. The molecule has 134 valence electrons. The summed E-state index contributed by atoms with van der Waals surface area (Å²) < 4.78 is 3.20. The summed E-state index contributed by atoms with van der Waals surface area (Å²) in [6, 6.07) is 11.2. The third-order valence-corrected chi connectivity index (χ3v) is 4.27. The Kier molecular flexibility index (Phi) is 4.02. The van der Waals surface area contributed by atoms with Crippen molar-refractivity contribution in [3.8, 4) is 28.6 Å². The highest BCUT2D eigenvalue weighted by Gasteiger charge is 2.23. The van der Waals surface area contributed by atoms with Crippen molar-refractivity contribution in [1.29, 1.82) is 5.26 Å². The Morgan fingerprint density at radius 1 is 1.22 bits per heavy atom. The number of nitrogens with zero attached hydrogens (tertiary/aromatic N) is 7. The number of hydrogen-bond acceptors (Lipinski definition) is 7. The SMILES string of the molecule is CCn1nccc1-c1c(-c2ccccc2C#N)nc(N)n2nc(CO)nc12. The van der Waals surface area contributed by atoms with Crippen molar-refractivity contribution in [2.45, 2.75) is 20.1 Å². The first-order chi connectivity index (χ1) is 13.2. The number of fused-ring (bicyclic) bond motifs is 1. The van der Waals surface area contributed by atoms with Crippen LogP contribution in [0.2, 0.25) is 0 Å². The van der Waals surface area contributed by atoms with Gasteiger partial charge < -0.3 is 10.8 Å². The lowest BCUT2D eigenvalue weighted by Gasteiger charge is -2.13. The Morgan fingerprint density at radius 3 is 2.78 bits per heavy atom. The van der Waals surface area contributed by atoms with Crippen LogP contribution in [-0.4, -0.2) is 34.5 Å². The normalized spacial score (nSPS) is 11.0. The molecule has 9 nitrogen and oxygen atoms in total. The number of nitrogen functional groups attached to an aromatic ring is 1. The Morgan fingerprint density at radius 2 is 2.04 bits per heavy atom. The predicted octanol–water partition coefficient (Wildman–Crippen LogP) is 1.62. The first kappa shape index (κ1) is 16.7. The average Bonchev–Trinajstić information content (AvgIpc) is 3.34. The molecule has 0 spiro atoms. The highest BCUT2D eigenvalue weighted by Crippen LogP contribution is 2.36. The van der Waals surface area contributed by atoms with E-state index in [-0.39, 0.29) is 18.4 Å². The van der Waals surface area contributed by atoms with Crippen LogP contribution in [-0.2, 0) is 13.2 Å². The molecule has 27 heavy (non-hydrogen) atoms. The second-order valence-electron chi connectivity index (χ2n) is 5.80. The summed E-state index contributed by atoms with van der Waals surface area (Å²) in [6.07, 6.45) is 1.69. The fourth-order valence-corrected chi connectivity index (χ4v) is 3.08. The van der Waals surface area contributed by atoms with E-state index in [0.717, 1.165) is 5.69 Å². The Labute approximate surface area is 154 Å². The van der Waals surface area contributed by atoms with Crippen molar-refractivity contribution in [1.82, 2.24) is 29.4 Å². The maximum Gasteiger partial charge on any atom is 0.223 e. The largest absolute Gasteiger partial charge is 0.388 e. The van der Waals surface area contributed by atoms with Crippen LogP contribution in [0.15, 0.2) is 36.5 Å². The molecule has 3 heterocycles. The molecule has 0 atom stereocenters. The van der Waals surface area contributed by atoms with Gasteiger partial charge in [-0.05, 0) is 19.1 Å². The van der Waals surface area contributed by atoms with Crippen LogP contribution in [0.5, 0.6) is 0 Å². The molecule has 4 aromatic rings. The summed E-state index contributed by atoms with van der Waals surface area (Å²) in [5, 5.41) is 27.5. The highest BCUT2D eigenvalue weighted by atomic mass is 16.3. The fraction of sp³-hybridized carbons (Fsp3) is 0.167. The number of hydrogen-bond donors (Lipinski definition) is 2. The molecule has 0 amide bonds. The van der Waals surface area contributed by atoms with Gasteiger partial charge in [0.15, 0.2) is 11.5 Å². The van der Waals surface area contributed by atoms with E-state index in [4.69, 9.17) is 5.73 Å². The van der Waals surface area contributed by atoms with E-state index in [2.05, 4.69) is 26.2 Å². The first-order valence-corrected chi connectivity index (χ1v) is 8.35. The molecule has 0 saturated carbocycles. The summed E-state index contributed by atoms with van der Waals surface area (Å²) in [6.45, 7) is 2.29. The molecule has 0 radical (unpaired) electrons. The van der Waals surface area contributed by atoms with E-state index in [0.29, 0.717) is 34.6 Å². The Bertz CT molecular complexity index is 1180. The van der Waals surface area contributed by atoms with E-state index in [1.165, 1.54) is 4.52 Å². The van der Waals surface area contributed by atoms with Gasteiger partial charge in [-0.3, -0.25) is 4.68 Å². The maximum absolute atomic E-state index is 9.53. The molecule has 3 aromatic heterocycles. The van der Waals surface area contributed by atoms with Crippen LogP contribution in [0.1, 0.15) is 18.3 Å². The van der Waals surface area contributed by atoms with Crippen molar-refractivity contribution in [3.05, 3.63) is 47.9 Å². The topological polar surface area (TPSA) is 131 Å². The average molecular weight is 360 g/mol. The third-order valence-electron chi connectivity index (χ3n) is 4.27. The van der Waals surface area contributed by atoms with Gasteiger partial charge in [0.25, 0.3) is 0 Å². The third kappa shape index (κ3) is 2.59. The lowest BCUT2D eigenvalue weighted by atomic mass is 9.99. The van der Waals surface area contributed by atoms with Crippen LogP contribution in [0.3, 0.4) is 0 Å². The number of aliphatic hydroxyl groups is 1. The van der Waals surface area contributed by atoms with Crippen molar-refractivity contribution < 1.29 is 5.11 Å². The Balaban J connectivity index is 2.16. The van der Waals surface area contributed by atoms with Crippen molar-refractivity contribution in [2.75, 3.05) is 5.73 Å². The lowest BCUT2D eigenvalue weighted by molar-refractivity contribution is 0.271. The number of anilines is 1. The van der Waals surface area contributed by atoms with Gasteiger partial charge in [-0.2, -0.15) is 14.9 Å². The number of benzene rings is 1. The van der Waals surface area contributed by atoms with E-state index < -0.39 is 0 Å². The summed E-state index contributed by atoms with van der Waals surface area (Å²) in [7, 11) is 0. The van der Waals surface area contributed by atoms with Gasteiger partial charge in [-0.15, -0.1) is 5.10 Å². The van der Waals surface area contributed by atoms with Crippen LogP contribution >= 0.6 is 0 Å². The minimum absolute atomic E-state index is 0.117. The minimum atomic E-state index is -0.322. The first-order valence-electron chi connectivity index (χ1n) is 8.35. The van der Waals surface area contributed by atoms with Gasteiger partial charge in [-0.1, -0.05) is 18.2 Å². The van der Waals surface area contributed by atoms with Crippen molar-refractivity contribution in [2.24, 2.45) is 0 Å². The second-order valence-corrected chi connectivity index (χ2v) is 5.80. The van der Waals surface area contributed by atoms with Gasteiger partial charge >= 0.3 is 0 Å². The van der Waals surface area contributed by atoms with Crippen LogP contribution in [0.25, 0.3) is 28.2 Å². The molecule has 3 N–H and O–H groups in total. The molecule has 0 aliphatic rings.